The van der Waals surface area contributed by atoms with Gasteiger partial charge < -0.3 is 10.3 Å². The molecule has 0 aliphatic heterocycles. The molecule has 0 saturated carbocycles. The van der Waals surface area contributed by atoms with Crippen LogP contribution >= 0.6 is 15.9 Å². The molecule has 0 fully saturated rings. The van der Waals surface area contributed by atoms with Crippen LogP contribution in [0.15, 0.2) is 35.2 Å². The number of imidazole rings is 1. The van der Waals surface area contributed by atoms with Gasteiger partial charge in [-0.15, -0.1) is 0 Å². The number of rotatable bonds is 2. The van der Waals surface area contributed by atoms with Crippen molar-refractivity contribution in [1.29, 1.82) is 0 Å². The predicted octanol–water partition coefficient (Wildman–Crippen LogP) is 2.79. The average molecular weight is 284 g/mol. The summed E-state index contributed by atoms with van der Waals surface area (Å²) in [5.74, 6) is -0.304. The smallest absolute Gasteiger partial charge is 0.139 e. The zero-order valence-corrected chi connectivity index (χ0v) is 10.3. The molecular formula is C11H11BrFN3. The van der Waals surface area contributed by atoms with Crippen molar-refractivity contribution in [2.24, 2.45) is 5.73 Å². The fraction of sp³-hybridized carbons (Fsp3) is 0.182. The van der Waals surface area contributed by atoms with E-state index in [-0.39, 0.29) is 11.9 Å². The van der Waals surface area contributed by atoms with E-state index >= 15 is 0 Å². The summed E-state index contributed by atoms with van der Waals surface area (Å²) >= 11 is 3.12. The highest BCUT2D eigenvalue weighted by Gasteiger charge is 2.09. The molecule has 0 radical (unpaired) electrons. The van der Waals surface area contributed by atoms with Crippen molar-refractivity contribution in [2.45, 2.75) is 13.0 Å². The fourth-order valence-electron chi connectivity index (χ4n) is 1.49. The van der Waals surface area contributed by atoms with Gasteiger partial charge in [0.1, 0.15) is 5.82 Å². The molecule has 1 aromatic heterocycles. The van der Waals surface area contributed by atoms with E-state index in [9.17, 15) is 4.39 Å². The Bertz CT molecular complexity index is 508. The summed E-state index contributed by atoms with van der Waals surface area (Å²) < 4.78 is 15.6. The lowest BCUT2D eigenvalue weighted by molar-refractivity contribution is 0.619. The van der Waals surface area contributed by atoms with E-state index in [1.54, 1.807) is 29.2 Å². The first-order valence-electron chi connectivity index (χ1n) is 4.83. The normalized spacial score (nSPS) is 12.8. The van der Waals surface area contributed by atoms with Gasteiger partial charge in [-0.3, -0.25) is 0 Å². The number of hydrogen-bond donors (Lipinski definition) is 1. The molecule has 0 bridgehead atoms. The third-order valence-corrected chi connectivity index (χ3v) is 2.96. The van der Waals surface area contributed by atoms with Crippen LogP contribution < -0.4 is 5.73 Å². The lowest BCUT2D eigenvalue weighted by Gasteiger charge is -2.11. The number of benzene rings is 1. The van der Waals surface area contributed by atoms with Crippen molar-refractivity contribution in [2.75, 3.05) is 0 Å². The molecule has 0 aliphatic carbocycles. The Balaban J connectivity index is 2.50. The standard InChI is InChI=1S/C11H11BrFN3/c1-7(14)11-5-15-6-16(11)8-2-3-9(12)10(13)4-8/h2-7H,14H2,1H3. The van der Waals surface area contributed by atoms with E-state index < -0.39 is 0 Å². The van der Waals surface area contributed by atoms with Gasteiger partial charge in [-0.25, -0.2) is 9.37 Å². The molecule has 84 valence electrons. The van der Waals surface area contributed by atoms with Crippen molar-refractivity contribution < 1.29 is 4.39 Å². The number of halogens is 2. The topological polar surface area (TPSA) is 43.8 Å². The summed E-state index contributed by atoms with van der Waals surface area (Å²) in [6.07, 6.45) is 3.31. The molecule has 3 nitrogen and oxygen atoms in total. The largest absolute Gasteiger partial charge is 0.323 e. The molecule has 0 spiro atoms. The molecular weight excluding hydrogens is 273 g/mol. The van der Waals surface area contributed by atoms with Crippen LogP contribution in [0.1, 0.15) is 18.7 Å². The van der Waals surface area contributed by atoms with Gasteiger partial charge in [-0.1, -0.05) is 0 Å². The molecule has 5 heteroatoms. The van der Waals surface area contributed by atoms with Gasteiger partial charge in [0, 0.05) is 11.7 Å². The second kappa shape index (κ2) is 4.35. The SMILES string of the molecule is CC(N)c1cncn1-c1ccc(Br)c(F)c1. The Morgan fingerprint density at radius 3 is 2.88 bits per heavy atom. The maximum absolute atomic E-state index is 13.4. The van der Waals surface area contributed by atoms with Crippen LogP contribution in [0.5, 0.6) is 0 Å². The minimum atomic E-state index is -0.304. The molecule has 0 saturated heterocycles. The zero-order chi connectivity index (χ0) is 11.7. The number of nitrogens with zero attached hydrogens (tertiary/aromatic N) is 2. The van der Waals surface area contributed by atoms with Crippen LogP contribution in [0.4, 0.5) is 4.39 Å². The number of hydrogen-bond acceptors (Lipinski definition) is 2. The Morgan fingerprint density at radius 2 is 2.25 bits per heavy atom. The van der Waals surface area contributed by atoms with E-state index in [2.05, 4.69) is 20.9 Å². The van der Waals surface area contributed by atoms with Crippen molar-refractivity contribution >= 4 is 15.9 Å². The first-order valence-corrected chi connectivity index (χ1v) is 5.62. The van der Waals surface area contributed by atoms with Crippen molar-refractivity contribution in [1.82, 2.24) is 9.55 Å². The van der Waals surface area contributed by atoms with Gasteiger partial charge in [0.15, 0.2) is 0 Å². The Morgan fingerprint density at radius 1 is 1.50 bits per heavy atom. The van der Waals surface area contributed by atoms with Gasteiger partial charge in [0.2, 0.25) is 0 Å². The molecule has 2 aromatic rings. The highest BCUT2D eigenvalue weighted by molar-refractivity contribution is 9.10. The molecule has 1 atom stereocenters. The van der Waals surface area contributed by atoms with E-state index in [1.807, 2.05) is 6.92 Å². The second-order valence-corrected chi connectivity index (χ2v) is 4.43. The van der Waals surface area contributed by atoms with E-state index in [0.29, 0.717) is 10.2 Å². The van der Waals surface area contributed by atoms with E-state index in [4.69, 9.17) is 5.73 Å². The molecule has 2 rings (SSSR count). The van der Waals surface area contributed by atoms with Crippen molar-refractivity contribution in [3.63, 3.8) is 0 Å². The minimum absolute atomic E-state index is 0.144. The molecule has 1 aromatic carbocycles. The Hall–Kier alpha value is -1.20. The third-order valence-electron chi connectivity index (χ3n) is 2.31. The molecule has 2 N–H and O–H groups in total. The quantitative estimate of drug-likeness (QED) is 0.921. The predicted molar refractivity (Wildman–Crippen MR) is 63.8 cm³/mol. The number of nitrogens with two attached hydrogens (primary N) is 1. The monoisotopic (exact) mass is 283 g/mol. The molecule has 16 heavy (non-hydrogen) atoms. The summed E-state index contributed by atoms with van der Waals surface area (Å²) in [4.78, 5) is 4.02. The maximum atomic E-state index is 13.4. The van der Waals surface area contributed by atoms with Gasteiger partial charge in [0.05, 0.1) is 22.7 Å². The average Bonchev–Trinajstić information content (AvgIpc) is 2.71. The lowest BCUT2D eigenvalue weighted by Crippen LogP contribution is -2.10. The minimum Gasteiger partial charge on any atom is -0.323 e. The summed E-state index contributed by atoms with van der Waals surface area (Å²) in [6.45, 7) is 1.86. The zero-order valence-electron chi connectivity index (χ0n) is 8.69. The maximum Gasteiger partial charge on any atom is 0.139 e. The van der Waals surface area contributed by atoms with Gasteiger partial charge >= 0.3 is 0 Å². The summed E-state index contributed by atoms with van der Waals surface area (Å²) in [7, 11) is 0. The summed E-state index contributed by atoms with van der Waals surface area (Å²) in [6, 6.07) is 4.77. The number of aromatic nitrogens is 2. The molecule has 0 amide bonds. The van der Waals surface area contributed by atoms with E-state index in [1.165, 1.54) is 6.07 Å². The van der Waals surface area contributed by atoms with Crippen LogP contribution in [-0.4, -0.2) is 9.55 Å². The molecule has 1 unspecified atom stereocenters. The molecule has 1 heterocycles. The Labute approximate surface area is 101 Å². The van der Waals surface area contributed by atoms with Crippen LogP contribution in [0.3, 0.4) is 0 Å². The van der Waals surface area contributed by atoms with Crippen molar-refractivity contribution in [3.8, 4) is 5.69 Å². The van der Waals surface area contributed by atoms with Crippen molar-refractivity contribution in [3.05, 3.63) is 46.7 Å². The lowest BCUT2D eigenvalue weighted by atomic mass is 10.2. The third kappa shape index (κ3) is 2.01. The van der Waals surface area contributed by atoms with Gasteiger partial charge in [0.25, 0.3) is 0 Å². The van der Waals surface area contributed by atoms with Crippen LogP contribution in [-0.2, 0) is 0 Å². The van der Waals surface area contributed by atoms with Crippen LogP contribution in [0.2, 0.25) is 0 Å². The van der Waals surface area contributed by atoms with Gasteiger partial charge in [-0.2, -0.15) is 0 Å². The summed E-state index contributed by atoms with van der Waals surface area (Å²) in [5.41, 5.74) is 7.36. The van der Waals surface area contributed by atoms with Crippen LogP contribution in [0.25, 0.3) is 5.69 Å². The first-order chi connectivity index (χ1) is 7.59. The van der Waals surface area contributed by atoms with E-state index in [0.717, 1.165) is 5.69 Å². The highest BCUT2D eigenvalue weighted by Crippen LogP contribution is 2.21. The highest BCUT2D eigenvalue weighted by atomic mass is 79.9. The Kier molecular flexibility index (Phi) is 3.07. The summed E-state index contributed by atoms with van der Waals surface area (Å²) in [5, 5.41) is 0. The van der Waals surface area contributed by atoms with Crippen LogP contribution in [0, 0.1) is 5.82 Å². The molecule has 0 aliphatic rings. The first kappa shape index (κ1) is 11.3. The van der Waals surface area contributed by atoms with Gasteiger partial charge in [-0.05, 0) is 41.1 Å². The second-order valence-electron chi connectivity index (χ2n) is 3.58. The fourth-order valence-corrected chi connectivity index (χ4v) is 1.74.